The summed E-state index contributed by atoms with van der Waals surface area (Å²) in [5.74, 6) is -0.145. The predicted molar refractivity (Wildman–Crippen MR) is 101 cm³/mol. The molecule has 1 spiro atoms. The van der Waals surface area contributed by atoms with E-state index in [4.69, 9.17) is 5.73 Å². The summed E-state index contributed by atoms with van der Waals surface area (Å²) in [6.45, 7) is 1.14. The third-order valence-electron chi connectivity index (χ3n) is 5.01. The molecular weight excluding hydrogens is 357 g/mol. The van der Waals surface area contributed by atoms with Crippen molar-refractivity contribution in [2.45, 2.75) is 18.5 Å². The molecule has 4 rings (SSSR count). The largest absolute Gasteiger partial charge is 0.383 e. The summed E-state index contributed by atoms with van der Waals surface area (Å²) in [6, 6.07) is 8.52. The highest BCUT2D eigenvalue weighted by Crippen LogP contribution is 2.35. The lowest BCUT2D eigenvalue weighted by molar-refractivity contribution is 0.0676. The van der Waals surface area contributed by atoms with E-state index in [0.717, 1.165) is 0 Å². The van der Waals surface area contributed by atoms with Crippen LogP contribution in [0.25, 0.3) is 0 Å². The molecule has 1 saturated heterocycles. The van der Waals surface area contributed by atoms with Gasteiger partial charge in [0.25, 0.3) is 5.91 Å². The van der Waals surface area contributed by atoms with E-state index in [1.165, 1.54) is 6.07 Å². The van der Waals surface area contributed by atoms with Crippen LogP contribution in [0.3, 0.4) is 0 Å². The van der Waals surface area contributed by atoms with E-state index in [-0.39, 0.29) is 30.0 Å². The zero-order valence-corrected chi connectivity index (χ0v) is 15.2. The number of aliphatic imine (C=N–C) groups is 1. The number of piperidine rings is 1. The van der Waals surface area contributed by atoms with Gasteiger partial charge in [-0.1, -0.05) is 6.07 Å². The summed E-state index contributed by atoms with van der Waals surface area (Å²) < 4.78 is 15.8. The second-order valence-electron chi connectivity index (χ2n) is 6.61. The van der Waals surface area contributed by atoms with Crippen LogP contribution in [0.5, 0.6) is 0 Å². The molecule has 3 N–H and O–H groups in total. The Labute approximate surface area is 157 Å². The first-order valence-electron chi connectivity index (χ1n) is 8.32. The van der Waals surface area contributed by atoms with Crippen LogP contribution < -0.4 is 11.1 Å². The van der Waals surface area contributed by atoms with Crippen LogP contribution in [0, 0.1) is 5.82 Å². The molecular formula is C18H21ClFN5O. The third-order valence-corrected chi connectivity index (χ3v) is 5.01. The van der Waals surface area contributed by atoms with Gasteiger partial charge in [0, 0.05) is 44.9 Å². The van der Waals surface area contributed by atoms with Gasteiger partial charge in [-0.3, -0.25) is 4.79 Å². The van der Waals surface area contributed by atoms with Gasteiger partial charge in [-0.15, -0.1) is 12.4 Å². The standard InChI is InChI=1S/C18H20FN5O.ClH/c1-23-9-3-6-14(23)17(25)24-10-7-18(8-11-24)21-13-5-2-4-12(19)15(13)16(20)22-18;/h2-6,9,21H,7-8,10-11H2,1H3,(H2,20,22);1H. The molecule has 0 radical (unpaired) electrons. The number of hydrogen-bond donors (Lipinski definition) is 2. The number of nitrogens with one attached hydrogen (secondary N) is 1. The minimum Gasteiger partial charge on any atom is -0.383 e. The number of carbonyl (C=O) groups excluding carboxylic acids is 1. The minimum absolute atomic E-state index is 0. The summed E-state index contributed by atoms with van der Waals surface area (Å²) >= 11 is 0. The fraction of sp³-hybridized carbons (Fsp3) is 0.333. The number of carbonyl (C=O) groups is 1. The number of benzene rings is 1. The molecule has 1 aromatic carbocycles. The van der Waals surface area contributed by atoms with E-state index in [9.17, 15) is 9.18 Å². The van der Waals surface area contributed by atoms with Crippen molar-refractivity contribution in [3.8, 4) is 0 Å². The number of likely N-dealkylation sites (tertiary alicyclic amines) is 1. The molecule has 2 aromatic rings. The van der Waals surface area contributed by atoms with E-state index in [1.807, 2.05) is 40.9 Å². The Balaban J connectivity index is 0.00000196. The lowest BCUT2D eigenvalue weighted by atomic mass is 9.93. The van der Waals surface area contributed by atoms with Gasteiger partial charge in [0.2, 0.25) is 0 Å². The van der Waals surface area contributed by atoms with Crippen LogP contribution in [-0.4, -0.2) is 40.0 Å². The Morgan fingerprint density at radius 3 is 2.65 bits per heavy atom. The van der Waals surface area contributed by atoms with Crippen molar-refractivity contribution in [2.24, 2.45) is 17.8 Å². The molecule has 2 aliphatic heterocycles. The molecule has 3 heterocycles. The summed E-state index contributed by atoms with van der Waals surface area (Å²) in [5.41, 5.74) is 7.12. The second-order valence-corrected chi connectivity index (χ2v) is 6.61. The molecule has 138 valence electrons. The summed E-state index contributed by atoms with van der Waals surface area (Å²) in [4.78, 5) is 19.0. The number of amidine groups is 1. The van der Waals surface area contributed by atoms with Crippen molar-refractivity contribution in [3.63, 3.8) is 0 Å². The van der Waals surface area contributed by atoms with Crippen molar-refractivity contribution >= 4 is 29.8 Å². The molecule has 6 nitrogen and oxygen atoms in total. The third kappa shape index (κ3) is 2.92. The van der Waals surface area contributed by atoms with Gasteiger partial charge in [-0.25, -0.2) is 9.38 Å². The van der Waals surface area contributed by atoms with Crippen LogP contribution in [-0.2, 0) is 7.05 Å². The molecule has 0 bridgehead atoms. The highest BCUT2D eigenvalue weighted by atomic mass is 35.5. The lowest BCUT2D eigenvalue weighted by Crippen LogP contribution is -2.52. The van der Waals surface area contributed by atoms with E-state index >= 15 is 0 Å². The SMILES string of the molecule is Cl.Cn1cccc1C(=O)N1CCC2(CC1)N=C(N)c1c(F)cccc1N2. The maximum absolute atomic E-state index is 14.0. The monoisotopic (exact) mass is 377 g/mol. The number of anilines is 1. The Bertz CT molecular complexity index is 870. The molecule has 2 aliphatic rings. The number of nitrogens with two attached hydrogens (primary N) is 1. The van der Waals surface area contributed by atoms with Crippen LogP contribution >= 0.6 is 12.4 Å². The number of fused-ring (bicyclic) bond motifs is 1. The van der Waals surface area contributed by atoms with Gasteiger partial charge >= 0.3 is 0 Å². The van der Waals surface area contributed by atoms with Crippen LogP contribution in [0.4, 0.5) is 10.1 Å². The zero-order chi connectivity index (χ0) is 17.6. The Morgan fingerprint density at radius 2 is 2.00 bits per heavy atom. The van der Waals surface area contributed by atoms with Crippen LogP contribution in [0.2, 0.25) is 0 Å². The molecule has 0 atom stereocenters. The summed E-state index contributed by atoms with van der Waals surface area (Å²) in [6.07, 6.45) is 3.11. The Hall–Kier alpha value is -2.54. The number of aryl methyl sites for hydroxylation is 1. The van der Waals surface area contributed by atoms with E-state index in [2.05, 4.69) is 10.3 Å². The van der Waals surface area contributed by atoms with Crippen molar-refractivity contribution < 1.29 is 9.18 Å². The zero-order valence-electron chi connectivity index (χ0n) is 14.4. The average Bonchev–Trinajstić information content (AvgIpc) is 3.00. The number of amides is 1. The average molecular weight is 378 g/mol. The first kappa shape index (κ1) is 18.3. The fourth-order valence-corrected chi connectivity index (χ4v) is 3.62. The number of aromatic nitrogens is 1. The molecule has 0 saturated carbocycles. The quantitative estimate of drug-likeness (QED) is 0.801. The van der Waals surface area contributed by atoms with Gasteiger partial charge in [0.1, 0.15) is 23.0 Å². The molecule has 26 heavy (non-hydrogen) atoms. The lowest BCUT2D eigenvalue weighted by Gasteiger charge is -2.42. The molecule has 0 aliphatic carbocycles. The predicted octanol–water partition coefficient (Wildman–Crippen LogP) is 2.35. The van der Waals surface area contributed by atoms with E-state index in [1.54, 1.807) is 6.07 Å². The molecule has 1 aromatic heterocycles. The second kappa shape index (κ2) is 6.64. The van der Waals surface area contributed by atoms with Crippen molar-refractivity contribution in [2.75, 3.05) is 18.4 Å². The van der Waals surface area contributed by atoms with Gasteiger partial charge in [0.05, 0.1) is 5.56 Å². The number of hydrogen-bond acceptors (Lipinski definition) is 4. The Morgan fingerprint density at radius 1 is 1.27 bits per heavy atom. The summed E-state index contributed by atoms with van der Waals surface area (Å²) in [7, 11) is 1.86. The first-order valence-corrected chi connectivity index (χ1v) is 8.32. The number of nitrogens with zero attached hydrogens (tertiary/aromatic N) is 3. The van der Waals surface area contributed by atoms with E-state index < -0.39 is 5.66 Å². The van der Waals surface area contributed by atoms with Gasteiger partial charge < -0.3 is 20.5 Å². The number of rotatable bonds is 1. The molecule has 0 unspecified atom stereocenters. The highest BCUT2D eigenvalue weighted by molar-refractivity contribution is 6.04. The molecule has 1 amide bonds. The van der Waals surface area contributed by atoms with Crippen molar-refractivity contribution in [1.82, 2.24) is 9.47 Å². The smallest absolute Gasteiger partial charge is 0.270 e. The fourth-order valence-electron chi connectivity index (χ4n) is 3.62. The summed E-state index contributed by atoms with van der Waals surface area (Å²) in [5, 5.41) is 3.34. The minimum atomic E-state index is -0.574. The maximum Gasteiger partial charge on any atom is 0.270 e. The van der Waals surface area contributed by atoms with Gasteiger partial charge in [-0.2, -0.15) is 0 Å². The van der Waals surface area contributed by atoms with Crippen LogP contribution in [0.1, 0.15) is 28.9 Å². The van der Waals surface area contributed by atoms with E-state index in [0.29, 0.717) is 42.9 Å². The van der Waals surface area contributed by atoms with Gasteiger partial charge in [0.15, 0.2) is 0 Å². The van der Waals surface area contributed by atoms with Crippen LogP contribution in [0.15, 0.2) is 41.5 Å². The normalized spacial score (nSPS) is 17.8. The number of halogens is 2. The van der Waals surface area contributed by atoms with Gasteiger partial charge in [-0.05, 0) is 24.3 Å². The molecule has 1 fully saturated rings. The van der Waals surface area contributed by atoms with Crippen molar-refractivity contribution in [3.05, 3.63) is 53.6 Å². The topological polar surface area (TPSA) is 75.7 Å². The molecule has 8 heteroatoms. The highest BCUT2D eigenvalue weighted by Gasteiger charge is 2.39. The Kier molecular flexibility index (Phi) is 4.66. The first-order chi connectivity index (χ1) is 12.0. The van der Waals surface area contributed by atoms with Crippen molar-refractivity contribution in [1.29, 1.82) is 0 Å². The maximum atomic E-state index is 14.0.